The third-order valence-electron chi connectivity index (χ3n) is 4.86. The number of hydrogen-bond donors (Lipinski definition) is 4. The van der Waals surface area contributed by atoms with Crippen molar-refractivity contribution in [1.82, 2.24) is 15.8 Å². The van der Waals surface area contributed by atoms with E-state index in [0.29, 0.717) is 11.6 Å². The monoisotopic (exact) mass is 350 g/mol. The lowest BCUT2D eigenvalue weighted by Crippen LogP contribution is -2.44. The lowest BCUT2D eigenvalue weighted by atomic mass is 9.91. The highest BCUT2D eigenvalue weighted by molar-refractivity contribution is 5.92. The standard InChI is InChI=1S/C17H26N4O4/c18-9-13(22)7-16(23)19-11-3-5-12(6-4-11)20-17(24)14-8-15(25-21-14)10-1-2-10/h8,10-13,22H,1-7,9,18H2,(H,19,23)(H,20,24). The molecule has 2 fully saturated rings. The quantitative estimate of drug-likeness (QED) is 0.564. The summed E-state index contributed by atoms with van der Waals surface area (Å²) in [6.07, 6.45) is 4.62. The van der Waals surface area contributed by atoms with E-state index >= 15 is 0 Å². The molecule has 1 heterocycles. The van der Waals surface area contributed by atoms with Crippen molar-refractivity contribution in [3.05, 3.63) is 17.5 Å². The molecule has 5 N–H and O–H groups in total. The third kappa shape index (κ3) is 5.02. The second-order valence-electron chi connectivity index (χ2n) is 7.07. The Labute approximate surface area is 146 Å². The third-order valence-corrected chi connectivity index (χ3v) is 4.86. The largest absolute Gasteiger partial charge is 0.391 e. The van der Waals surface area contributed by atoms with Gasteiger partial charge >= 0.3 is 0 Å². The summed E-state index contributed by atoms with van der Waals surface area (Å²) >= 11 is 0. The van der Waals surface area contributed by atoms with E-state index in [9.17, 15) is 14.7 Å². The molecule has 2 aliphatic rings. The highest BCUT2D eigenvalue weighted by Gasteiger charge is 2.30. The molecule has 1 aromatic rings. The van der Waals surface area contributed by atoms with Crippen LogP contribution in [0.25, 0.3) is 0 Å². The Hall–Kier alpha value is -1.93. The molecule has 0 bridgehead atoms. The molecule has 25 heavy (non-hydrogen) atoms. The first kappa shape index (κ1) is 17.9. The minimum atomic E-state index is -0.793. The van der Waals surface area contributed by atoms with Gasteiger partial charge in [0.1, 0.15) is 5.76 Å². The molecule has 1 aromatic heterocycles. The predicted octanol–water partition coefficient (Wildman–Crippen LogP) is 0.419. The molecule has 0 aromatic carbocycles. The number of aliphatic hydroxyl groups excluding tert-OH is 1. The summed E-state index contributed by atoms with van der Waals surface area (Å²) in [5.41, 5.74) is 5.65. The molecule has 0 spiro atoms. The Balaban J connectivity index is 1.39. The summed E-state index contributed by atoms with van der Waals surface area (Å²) in [5, 5.41) is 19.2. The van der Waals surface area contributed by atoms with Gasteiger partial charge in [-0.1, -0.05) is 5.16 Å². The molecule has 0 saturated heterocycles. The highest BCUT2D eigenvalue weighted by Crippen LogP contribution is 2.40. The van der Waals surface area contributed by atoms with Crippen LogP contribution in [0.15, 0.2) is 10.6 Å². The number of nitrogens with one attached hydrogen (secondary N) is 2. The maximum absolute atomic E-state index is 12.2. The molecule has 2 amide bonds. The molecule has 2 aliphatic carbocycles. The van der Waals surface area contributed by atoms with Crippen molar-refractivity contribution in [2.45, 2.75) is 69.1 Å². The maximum atomic E-state index is 12.2. The first-order valence-electron chi connectivity index (χ1n) is 9.00. The summed E-state index contributed by atoms with van der Waals surface area (Å²) < 4.78 is 5.21. The summed E-state index contributed by atoms with van der Waals surface area (Å²) in [6.45, 7) is 0.0801. The highest BCUT2D eigenvalue weighted by atomic mass is 16.5. The van der Waals surface area contributed by atoms with Crippen LogP contribution in [0.5, 0.6) is 0 Å². The van der Waals surface area contributed by atoms with E-state index in [4.69, 9.17) is 10.3 Å². The van der Waals surface area contributed by atoms with Crippen LogP contribution in [-0.2, 0) is 4.79 Å². The molecule has 2 saturated carbocycles. The van der Waals surface area contributed by atoms with E-state index in [-0.39, 0.29) is 36.9 Å². The van der Waals surface area contributed by atoms with E-state index in [1.54, 1.807) is 6.07 Å². The molecule has 1 unspecified atom stereocenters. The van der Waals surface area contributed by atoms with Crippen LogP contribution >= 0.6 is 0 Å². The van der Waals surface area contributed by atoms with Gasteiger partial charge in [0.15, 0.2) is 5.69 Å². The summed E-state index contributed by atoms with van der Waals surface area (Å²) in [5.74, 6) is 0.858. The minimum Gasteiger partial charge on any atom is -0.391 e. The lowest BCUT2D eigenvalue weighted by molar-refractivity contribution is -0.123. The normalized spacial score (nSPS) is 24.6. The number of carbonyl (C=O) groups is 2. The topological polar surface area (TPSA) is 130 Å². The Bertz CT molecular complexity index is 606. The van der Waals surface area contributed by atoms with E-state index < -0.39 is 6.10 Å². The van der Waals surface area contributed by atoms with Crippen LogP contribution in [0.2, 0.25) is 0 Å². The average Bonchev–Trinajstić information content (AvgIpc) is 3.33. The van der Waals surface area contributed by atoms with Crippen molar-refractivity contribution in [2.75, 3.05) is 6.54 Å². The van der Waals surface area contributed by atoms with Crippen LogP contribution < -0.4 is 16.4 Å². The molecular weight excluding hydrogens is 324 g/mol. The van der Waals surface area contributed by atoms with Gasteiger partial charge in [-0.15, -0.1) is 0 Å². The summed E-state index contributed by atoms with van der Waals surface area (Å²) in [6, 6.07) is 1.90. The van der Waals surface area contributed by atoms with Crippen LogP contribution in [-0.4, -0.2) is 46.8 Å². The average molecular weight is 350 g/mol. The van der Waals surface area contributed by atoms with E-state index in [2.05, 4.69) is 15.8 Å². The van der Waals surface area contributed by atoms with E-state index in [1.165, 1.54) is 0 Å². The number of nitrogens with zero attached hydrogens (tertiary/aromatic N) is 1. The number of aliphatic hydroxyl groups is 1. The fourth-order valence-corrected chi connectivity index (χ4v) is 3.18. The van der Waals surface area contributed by atoms with Crippen molar-refractivity contribution in [3.63, 3.8) is 0 Å². The van der Waals surface area contributed by atoms with Gasteiger partial charge in [0.25, 0.3) is 5.91 Å². The zero-order valence-corrected chi connectivity index (χ0v) is 14.2. The number of nitrogens with two attached hydrogens (primary N) is 1. The van der Waals surface area contributed by atoms with Gasteiger partial charge in [0.05, 0.1) is 12.5 Å². The molecule has 0 radical (unpaired) electrons. The first-order valence-corrected chi connectivity index (χ1v) is 9.00. The van der Waals surface area contributed by atoms with Crippen molar-refractivity contribution < 1.29 is 19.2 Å². The molecular formula is C17H26N4O4. The zero-order valence-electron chi connectivity index (χ0n) is 14.2. The maximum Gasteiger partial charge on any atom is 0.273 e. The number of carbonyl (C=O) groups excluding carboxylic acids is 2. The Kier molecular flexibility index (Phi) is 5.70. The summed E-state index contributed by atoms with van der Waals surface area (Å²) in [7, 11) is 0. The van der Waals surface area contributed by atoms with Crippen LogP contribution in [0, 0.1) is 0 Å². The van der Waals surface area contributed by atoms with Gasteiger partial charge in [-0.25, -0.2) is 0 Å². The molecule has 0 aliphatic heterocycles. The van der Waals surface area contributed by atoms with Gasteiger partial charge in [0, 0.05) is 30.6 Å². The number of hydrogen-bond acceptors (Lipinski definition) is 6. The Morgan fingerprint density at radius 2 is 1.84 bits per heavy atom. The number of aromatic nitrogens is 1. The SMILES string of the molecule is NCC(O)CC(=O)NC1CCC(NC(=O)c2cc(C3CC3)on2)CC1. The summed E-state index contributed by atoms with van der Waals surface area (Å²) in [4.78, 5) is 24.0. The van der Waals surface area contributed by atoms with Gasteiger partial charge in [-0.05, 0) is 38.5 Å². The fraction of sp³-hybridized carbons (Fsp3) is 0.706. The van der Waals surface area contributed by atoms with E-state index in [0.717, 1.165) is 44.3 Å². The van der Waals surface area contributed by atoms with Gasteiger partial charge < -0.3 is 26.0 Å². The zero-order chi connectivity index (χ0) is 17.8. The molecule has 3 rings (SSSR count). The van der Waals surface area contributed by atoms with Crippen molar-refractivity contribution in [3.8, 4) is 0 Å². The lowest BCUT2D eigenvalue weighted by Gasteiger charge is -2.29. The van der Waals surface area contributed by atoms with Crippen LogP contribution in [0.1, 0.15) is 67.1 Å². The predicted molar refractivity (Wildman–Crippen MR) is 89.8 cm³/mol. The van der Waals surface area contributed by atoms with Gasteiger partial charge in [-0.2, -0.15) is 0 Å². The van der Waals surface area contributed by atoms with Gasteiger partial charge in [-0.3, -0.25) is 9.59 Å². The molecule has 138 valence electrons. The molecule has 1 atom stereocenters. The van der Waals surface area contributed by atoms with Gasteiger partial charge in [0.2, 0.25) is 5.91 Å². The smallest absolute Gasteiger partial charge is 0.273 e. The van der Waals surface area contributed by atoms with Crippen molar-refractivity contribution >= 4 is 11.8 Å². The van der Waals surface area contributed by atoms with Crippen molar-refractivity contribution in [2.24, 2.45) is 5.73 Å². The van der Waals surface area contributed by atoms with E-state index in [1.807, 2.05) is 0 Å². The second-order valence-corrected chi connectivity index (χ2v) is 7.07. The van der Waals surface area contributed by atoms with Crippen molar-refractivity contribution in [1.29, 1.82) is 0 Å². The second kappa shape index (κ2) is 7.97. The first-order chi connectivity index (χ1) is 12.0. The molecule has 8 heteroatoms. The fourth-order valence-electron chi connectivity index (χ4n) is 3.18. The minimum absolute atomic E-state index is 0.0304. The Morgan fingerprint density at radius 3 is 2.44 bits per heavy atom. The van der Waals surface area contributed by atoms with Crippen LogP contribution in [0.3, 0.4) is 0 Å². The molecule has 8 nitrogen and oxygen atoms in total. The number of amides is 2. The number of rotatable bonds is 7. The van der Waals surface area contributed by atoms with Crippen LogP contribution in [0.4, 0.5) is 0 Å². The Morgan fingerprint density at radius 1 is 1.20 bits per heavy atom.